The van der Waals surface area contributed by atoms with Crippen LogP contribution in [0.2, 0.25) is 0 Å². The molecule has 0 aromatic heterocycles. The highest BCUT2D eigenvalue weighted by Crippen LogP contribution is 2.34. The van der Waals surface area contributed by atoms with Crippen molar-refractivity contribution in [3.8, 4) is 0 Å². The van der Waals surface area contributed by atoms with Crippen LogP contribution in [-0.2, 0) is 0 Å². The predicted octanol–water partition coefficient (Wildman–Crippen LogP) is 5.80. The Kier molecular flexibility index (Phi) is 4.96. The molecule has 0 saturated carbocycles. The number of hydrogen-bond donors (Lipinski definition) is 1. The van der Waals surface area contributed by atoms with Gasteiger partial charge < -0.3 is 5.73 Å². The van der Waals surface area contributed by atoms with E-state index in [1.165, 1.54) is 33.4 Å². The molecule has 2 aromatic rings. The van der Waals surface area contributed by atoms with Crippen LogP contribution < -0.4 is 5.73 Å². The van der Waals surface area contributed by atoms with Crippen LogP contribution in [0.3, 0.4) is 0 Å². The lowest BCUT2D eigenvalue weighted by atomic mass is 9.84. The van der Waals surface area contributed by atoms with Crippen molar-refractivity contribution in [3.05, 3.63) is 66.1 Å². The smallest absolute Gasteiger partial charge is 0.0557 e. The summed E-state index contributed by atoms with van der Waals surface area (Å²) in [6.07, 6.45) is 0. The molecule has 1 atom stereocenters. The zero-order valence-electron chi connectivity index (χ0n) is 13.1. The van der Waals surface area contributed by atoms with E-state index < -0.39 is 0 Å². The average Bonchev–Trinajstić information content (AvgIpc) is 2.42. The Morgan fingerprint density at radius 1 is 0.714 bits per heavy atom. The molecule has 3 heteroatoms. The summed E-state index contributed by atoms with van der Waals surface area (Å²) in [6, 6.07) is 6.11. The van der Waals surface area contributed by atoms with Crippen molar-refractivity contribution in [1.82, 2.24) is 0 Å². The lowest BCUT2D eigenvalue weighted by Crippen LogP contribution is -2.17. The third kappa shape index (κ3) is 3.10. The quantitative estimate of drug-likeness (QED) is 0.664. The van der Waals surface area contributed by atoms with Crippen molar-refractivity contribution in [1.29, 1.82) is 0 Å². The van der Waals surface area contributed by atoms with Gasteiger partial charge in [0.2, 0.25) is 0 Å². The number of benzene rings is 2. The number of halogens is 2. The molecule has 0 bridgehead atoms. The van der Waals surface area contributed by atoms with E-state index in [4.69, 9.17) is 5.73 Å². The van der Waals surface area contributed by atoms with Gasteiger partial charge in [0.15, 0.2) is 0 Å². The maximum absolute atomic E-state index is 6.60. The molecule has 0 saturated heterocycles. The van der Waals surface area contributed by atoms with Gasteiger partial charge in [0, 0.05) is 8.95 Å². The summed E-state index contributed by atoms with van der Waals surface area (Å²) in [5, 5.41) is 0. The highest BCUT2D eigenvalue weighted by atomic mass is 79.9. The number of rotatable bonds is 2. The molecule has 0 fully saturated rings. The molecular formula is C18H21Br2N. The van der Waals surface area contributed by atoms with Gasteiger partial charge in [0.05, 0.1) is 6.04 Å². The van der Waals surface area contributed by atoms with Gasteiger partial charge in [-0.15, -0.1) is 0 Å². The van der Waals surface area contributed by atoms with Crippen LogP contribution in [-0.4, -0.2) is 0 Å². The molecule has 0 amide bonds. The fraction of sp³-hybridized carbons (Fsp3) is 0.333. The van der Waals surface area contributed by atoms with E-state index >= 15 is 0 Å². The van der Waals surface area contributed by atoms with E-state index in [1.54, 1.807) is 0 Å². The highest BCUT2D eigenvalue weighted by molar-refractivity contribution is 9.11. The molecule has 2 rings (SSSR count). The van der Waals surface area contributed by atoms with Crippen LogP contribution >= 0.6 is 31.9 Å². The van der Waals surface area contributed by atoms with Gasteiger partial charge in [-0.1, -0.05) is 31.9 Å². The second-order valence-electron chi connectivity index (χ2n) is 5.72. The molecule has 1 unspecified atom stereocenters. The fourth-order valence-electron chi connectivity index (χ4n) is 2.92. The van der Waals surface area contributed by atoms with Crippen molar-refractivity contribution < 1.29 is 0 Å². The standard InChI is InChI=1S/C18H21Br2N/c1-9-10(2)12(4)17(13(5)11(9)3)18(21)14-6-15(19)8-16(20)7-14/h6-8,18H,21H2,1-5H3. The van der Waals surface area contributed by atoms with Crippen LogP contribution in [0, 0.1) is 34.6 Å². The van der Waals surface area contributed by atoms with Crippen molar-refractivity contribution in [3.63, 3.8) is 0 Å². The molecule has 2 aromatic carbocycles. The zero-order chi connectivity index (χ0) is 15.9. The molecule has 2 N–H and O–H groups in total. The first kappa shape index (κ1) is 16.7. The summed E-state index contributed by atoms with van der Waals surface area (Å²) < 4.78 is 2.08. The minimum absolute atomic E-state index is 0.114. The summed E-state index contributed by atoms with van der Waals surface area (Å²) in [6.45, 7) is 10.9. The normalized spacial score (nSPS) is 12.6. The third-order valence-electron chi connectivity index (χ3n) is 4.61. The second-order valence-corrected chi connectivity index (χ2v) is 7.55. The lowest BCUT2D eigenvalue weighted by Gasteiger charge is -2.24. The largest absolute Gasteiger partial charge is 0.320 e. The third-order valence-corrected chi connectivity index (χ3v) is 5.53. The van der Waals surface area contributed by atoms with Crippen LogP contribution in [0.25, 0.3) is 0 Å². The molecule has 0 spiro atoms. The lowest BCUT2D eigenvalue weighted by molar-refractivity contribution is 0.841. The summed E-state index contributed by atoms with van der Waals surface area (Å²) in [5.41, 5.74) is 15.6. The van der Waals surface area contributed by atoms with Gasteiger partial charge in [0.1, 0.15) is 0 Å². The van der Waals surface area contributed by atoms with Gasteiger partial charge in [-0.2, -0.15) is 0 Å². The zero-order valence-corrected chi connectivity index (χ0v) is 16.3. The van der Waals surface area contributed by atoms with E-state index in [0.717, 1.165) is 14.5 Å². The van der Waals surface area contributed by atoms with Crippen molar-refractivity contribution >= 4 is 31.9 Å². The number of nitrogens with two attached hydrogens (primary N) is 1. The Hall–Kier alpha value is -0.640. The topological polar surface area (TPSA) is 26.0 Å². The van der Waals surface area contributed by atoms with Crippen LogP contribution in [0.15, 0.2) is 27.1 Å². The van der Waals surface area contributed by atoms with Crippen molar-refractivity contribution in [2.45, 2.75) is 40.7 Å². The summed E-state index contributed by atoms with van der Waals surface area (Å²) in [4.78, 5) is 0. The minimum atomic E-state index is -0.114. The van der Waals surface area contributed by atoms with E-state index in [2.05, 4.69) is 78.6 Å². The summed E-state index contributed by atoms with van der Waals surface area (Å²) in [7, 11) is 0. The van der Waals surface area contributed by atoms with Gasteiger partial charge >= 0.3 is 0 Å². The first-order valence-corrected chi connectivity index (χ1v) is 8.61. The maximum Gasteiger partial charge on any atom is 0.0557 e. The van der Waals surface area contributed by atoms with E-state index in [0.29, 0.717) is 0 Å². The Morgan fingerprint density at radius 2 is 1.10 bits per heavy atom. The Labute approximate surface area is 144 Å². The van der Waals surface area contributed by atoms with Crippen molar-refractivity contribution in [2.75, 3.05) is 0 Å². The van der Waals surface area contributed by atoms with E-state index in [1.807, 2.05) is 6.07 Å². The van der Waals surface area contributed by atoms with Gasteiger partial charge in [-0.25, -0.2) is 0 Å². The fourth-order valence-corrected chi connectivity index (χ4v) is 4.25. The predicted molar refractivity (Wildman–Crippen MR) is 98.0 cm³/mol. The monoisotopic (exact) mass is 409 g/mol. The second kappa shape index (κ2) is 6.23. The summed E-state index contributed by atoms with van der Waals surface area (Å²) >= 11 is 7.09. The van der Waals surface area contributed by atoms with Crippen molar-refractivity contribution in [2.24, 2.45) is 5.73 Å². The van der Waals surface area contributed by atoms with Gasteiger partial charge in [-0.3, -0.25) is 0 Å². The molecule has 112 valence electrons. The van der Waals surface area contributed by atoms with E-state index in [9.17, 15) is 0 Å². The molecule has 0 radical (unpaired) electrons. The molecule has 0 aliphatic carbocycles. The van der Waals surface area contributed by atoms with Crippen LogP contribution in [0.1, 0.15) is 45.0 Å². The SMILES string of the molecule is Cc1c(C)c(C)c(C(N)c2cc(Br)cc(Br)c2)c(C)c1C. The Balaban J connectivity index is 2.66. The number of hydrogen-bond acceptors (Lipinski definition) is 1. The average molecular weight is 411 g/mol. The molecule has 0 aliphatic rings. The maximum atomic E-state index is 6.60. The van der Waals surface area contributed by atoms with Gasteiger partial charge in [-0.05, 0) is 91.8 Å². The molecule has 0 aliphatic heterocycles. The molecule has 1 nitrogen and oxygen atoms in total. The Bertz CT molecular complexity index is 656. The van der Waals surface area contributed by atoms with Crippen LogP contribution in [0.4, 0.5) is 0 Å². The van der Waals surface area contributed by atoms with Crippen LogP contribution in [0.5, 0.6) is 0 Å². The molecule has 0 heterocycles. The van der Waals surface area contributed by atoms with Gasteiger partial charge in [0.25, 0.3) is 0 Å². The molecule has 21 heavy (non-hydrogen) atoms. The molecular weight excluding hydrogens is 390 g/mol. The first-order valence-electron chi connectivity index (χ1n) is 7.02. The summed E-state index contributed by atoms with van der Waals surface area (Å²) in [5.74, 6) is 0. The first-order chi connectivity index (χ1) is 9.73. The highest BCUT2D eigenvalue weighted by Gasteiger charge is 2.19. The minimum Gasteiger partial charge on any atom is -0.320 e. The Morgan fingerprint density at radius 3 is 1.52 bits per heavy atom. The van der Waals surface area contributed by atoms with E-state index in [-0.39, 0.29) is 6.04 Å².